The lowest BCUT2D eigenvalue weighted by molar-refractivity contribution is 0.354. The first-order valence-corrected chi connectivity index (χ1v) is 7.28. The van der Waals surface area contributed by atoms with Crippen LogP contribution in [0.15, 0.2) is 42.5 Å². The number of ether oxygens (including phenoxy) is 2. The number of nitrogens with one attached hydrogen (secondary N) is 1. The Morgan fingerprint density at radius 3 is 2.58 bits per heavy atom. The summed E-state index contributed by atoms with van der Waals surface area (Å²) in [5.74, 6) is 1.71. The number of H-pyrrole nitrogens is 1. The van der Waals surface area contributed by atoms with Gasteiger partial charge in [-0.2, -0.15) is 5.10 Å². The molecule has 0 aliphatic carbocycles. The van der Waals surface area contributed by atoms with E-state index in [9.17, 15) is 4.39 Å². The largest absolute Gasteiger partial charge is 0.493 e. The average Bonchev–Trinajstić information content (AvgIpc) is 3.10. The number of aromatic amines is 1. The van der Waals surface area contributed by atoms with E-state index in [-0.39, 0.29) is 5.82 Å². The van der Waals surface area contributed by atoms with Gasteiger partial charge in [0.05, 0.1) is 20.3 Å². The maximum Gasteiger partial charge on any atom is 0.181 e. The van der Waals surface area contributed by atoms with Gasteiger partial charge in [0, 0.05) is 5.56 Å². The van der Waals surface area contributed by atoms with Gasteiger partial charge < -0.3 is 15.2 Å². The Labute approximate surface area is 138 Å². The van der Waals surface area contributed by atoms with Crippen molar-refractivity contribution in [2.75, 3.05) is 14.2 Å². The van der Waals surface area contributed by atoms with E-state index < -0.39 is 6.04 Å². The summed E-state index contributed by atoms with van der Waals surface area (Å²) in [6.45, 7) is 0. The minimum atomic E-state index is -0.528. The van der Waals surface area contributed by atoms with Crippen LogP contribution in [0, 0.1) is 5.82 Å². The highest BCUT2D eigenvalue weighted by Gasteiger charge is 2.17. The molecule has 0 radical (unpaired) electrons. The normalized spacial score (nSPS) is 12.0. The molecule has 3 aromatic rings. The molecule has 3 rings (SSSR count). The second kappa shape index (κ2) is 6.67. The molecule has 1 aromatic heterocycles. The van der Waals surface area contributed by atoms with Crippen LogP contribution >= 0.6 is 0 Å². The molecule has 0 saturated heterocycles. The predicted octanol–water partition coefficient (Wildman–Crippen LogP) is 2.68. The summed E-state index contributed by atoms with van der Waals surface area (Å²) in [4.78, 5) is 4.37. The number of hydrogen-bond acceptors (Lipinski definition) is 5. The number of methoxy groups -OCH3 is 2. The van der Waals surface area contributed by atoms with Crippen LogP contribution in [0.3, 0.4) is 0 Å². The summed E-state index contributed by atoms with van der Waals surface area (Å²) in [5, 5.41) is 6.92. The lowest BCUT2D eigenvalue weighted by Crippen LogP contribution is -2.14. The van der Waals surface area contributed by atoms with E-state index >= 15 is 0 Å². The maximum absolute atomic E-state index is 13.3. The van der Waals surface area contributed by atoms with Gasteiger partial charge in [0.1, 0.15) is 11.6 Å². The van der Waals surface area contributed by atoms with Crippen molar-refractivity contribution < 1.29 is 13.9 Å². The highest BCUT2D eigenvalue weighted by atomic mass is 19.1. The molecule has 0 fully saturated rings. The Morgan fingerprint density at radius 1 is 1.08 bits per heavy atom. The van der Waals surface area contributed by atoms with Crippen molar-refractivity contribution in [2.45, 2.75) is 6.04 Å². The second-order valence-corrected chi connectivity index (χ2v) is 5.15. The zero-order valence-electron chi connectivity index (χ0n) is 13.3. The van der Waals surface area contributed by atoms with Gasteiger partial charge in [-0.15, -0.1) is 0 Å². The molecule has 0 aliphatic rings. The molecule has 1 atom stereocenters. The van der Waals surface area contributed by atoms with Crippen molar-refractivity contribution >= 4 is 0 Å². The van der Waals surface area contributed by atoms with Crippen LogP contribution in [-0.4, -0.2) is 29.4 Å². The van der Waals surface area contributed by atoms with E-state index in [1.165, 1.54) is 12.1 Å². The Bertz CT molecular complexity index is 850. The average molecular weight is 328 g/mol. The first kappa shape index (κ1) is 15.9. The van der Waals surface area contributed by atoms with Gasteiger partial charge in [-0.05, 0) is 29.8 Å². The summed E-state index contributed by atoms with van der Waals surface area (Å²) in [6.07, 6.45) is 0. The van der Waals surface area contributed by atoms with Crippen molar-refractivity contribution in [1.29, 1.82) is 0 Å². The SMILES string of the molecule is COc1ccc([C@H](N)c2nc(-c3cccc(F)c3)n[nH]2)cc1OC. The summed E-state index contributed by atoms with van der Waals surface area (Å²) < 4.78 is 23.8. The summed E-state index contributed by atoms with van der Waals surface area (Å²) in [7, 11) is 3.13. The maximum atomic E-state index is 13.3. The minimum Gasteiger partial charge on any atom is -0.493 e. The number of benzene rings is 2. The van der Waals surface area contributed by atoms with Crippen LogP contribution in [0.5, 0.6) is 11.5 Å². The van der Waals surface area contributed by atoms with E-state index in [2.05, 4.69) is 15.2 Å². The summed E-state index contributed by atoms with van der Waals surface area (Å²) in [6, 6.07) is 10.9. The van der Waals surface area contributed by atoms with Crippen LogP contribution in [0.4, 0.5) is 4.39 Å². The van der Waals surface area contributed by atoms with E-state index in [0.29, 0.717) is 28.7 Å². The predicted molar refractivity (Wildman–Crippen MR) is 87.4 cm³/mol. The molecular weight excluding hydrogens is 311 g/mol. The molecule has 0 unspecified atom stereocenters. The topological polar surface area (TPSA) is 86.0 Å². The smallest absolute Gasteiger partial charge is 0.181 e. The lowest BCUT2D eigenvalue weighted by Gasteiger charge is -2.13. The van der Waals surface area contributed by atoms with E-state index in [0.717, 1.165) is 5.56 Å². The van der Waals surface area contributed by atoms with Crippen LogP contribution in [0.25, 0.3) is 11.4 Å². The molecule has 0 amide bonds. The Morgan fingerprint density at radius 2 is 1.88 bits per heavy atom. The molecule has 6 nitrogen and oxygen atoms in total. The number of nitrogens with two attached hydrogens (primary N) is 1. The lowest BCUT2D eigenvalue weighted by atomic mass is 10.1. The minimum absolute atomic E-state index is 0.344. The van der Waals surface area contributed by atoms with Gasteiger partial charge in [-0.1, -0.05) is 18.2 Å². The van der Waals surface area contributed by atoms with Crippen molar-refractivity contribution in [3.63, 3.8) is 0 Å². The molecule has 3 N–H and O–H groups in total. The highest BCUT2D eigenvalue weighted by Crippen LogP contribution is 2.31. The van der Waals surface area contributed by atoms with Crippen LogP contribution in [-0.2, 0) is 0 Å². The summed E-state index contributed by atoms with van der Waals surface area (Å²) in [5.41, 5.74) is 7.62. The fourth-order valence-corrected chi connectivity index (χ4v) is 2.37. The zero-order chi connectivity index (χ0) is 17.1. The highest BCUT2D eigenvalue weighted by molar-refractivity contribution is 5.54. The van der Waals surface area contributed by atoms with E-state index in [1.54, 1.807) is 38.5 Å². The van der Waals surface area contributed by atoms with E-state index in [4.69, 9.17) is 15.2 Å². The van der Waals surface area contributed by atoms with Crippen LogP contribution in [0.1, 0.15) is 17.4 Å². The van der Waals surface area contributed by atoms with Crippen molar-refractivity contribution in [3.8, 4) is 22.9 Å². The molecule has 7 heteroatoms. The molecule has 124 valence electrons. The third-order valence-electron chi connectivity index (χ3n) is 3.65. The van der Waals surface area contributed by atoms with Gasteiger partial charge in [0.15, 0.2) is 17.3 Å². The molecule has 0 spiro atoms. The number of aromatic nitrogens is 3. The molecule has 1 heterocycles. The fraction of sp³-hybridized carbons (Fsp3) is 0.176. The van der Waals surface area contributed by atoms with Gasteiger partial charge in [-0.3, -0.25) is 5.10 Å². The Kier molecular flexibility index (Phi) is 4.43. The first-order chi connectivity index (χ1) is 11.6. The van der Waals surface area contributed by atoms with Crippen LogP contribution in [0.2, 0.25) is 0 Å². The number of halogens is 1. The molecule has 0 aliphatic heterocycles. The van der Waals surface area contributed by atoms with E-state index in [1.807, 2.05) is 6.07 Å². The monoisotopic (exact) mass is 328 g/mol. The van der Waals surface area contributed by atoms with Crippen molar-refractivity contribution in [2.24, 2.45) is 5.73 Å². The zero-order valence-corrected chi connectivity index (χ0v) is 13.3. The Balaban J connectivity index is 1.90. The summed E-state index contributed by atoms with van der Waals surface area (Å²) >= 11 is 0. The number of rotatable bonds is 5. The van der Waals surface area contributed by atoms with Crippen LogP contribution < -0.4 is 15.2 Å². The van der Waals surface area contributed by atoms with Gasteiger partial charge in [0.25, 0.3) is 0 Å². The standard InChI is InChI=1S/C17H17FN4O2/c1-23-13-7-6-10(9-14(13)24-2)15(19)17-20-16(21-22-17)11-4-3-5-12(18)8-11/h3-9,15H,19H2,1-2H3,(H,20,21,22)/t15-/m0/s1. The third kappa shape index (κ3) is 3.07. The van der Waals surface area contributed by atoms with Gasteiger partial charge in [0.2, 0.25) is 0 Å². The van der Waals surface area contributed by atoms with Crippen molar-refractivity contribution in [1.82, 2.24) is 15.2 Å². The molecule has 0 saturated carbocycles. The second-order valence-electron chi connectivity index (χ2n) is 5.15. The third-order valence-corrected chi connectivity index (χ3v) is 3.65. The van der Waals surface area contributed by atoms with Crippen molar-refractivity contribution in [3.05, 3.63) is 59.7 Å². The molecule has 24 heavy (non-hydrogen) atoms. The quantitative estimate of drug-likeness (QED) is 0.752. The number of nitrogens with zero attached hydrogens (tertiary/aromatic N) is 2. The fourth-order valence-electron chi connectivity index (χ4n) is 2.37. The first-order valence-electron chi connectivity index (χ1n) is 7.28. The number of hydrogen-bond donors (Lipinski definition) is 2. The molecule has 0 bridgehead atoms. The van der Waals surface area contributed by atoms with Gasteiger partial charge in [-0.25, -0.2) is 9.37 Å². The molecular formula is C17H17FN4O2. The Hall–Kier alpha value is -2.93. The molecule has 2 aromatic carbocycles. The van der Waals surface area contributed by atoms with Gasteiger partial charge >= 0.3 is 0 Å².